The number of Topliss-reactive ketones (excluding diaryl/α,β-unsaturated/α-hetero) is 1. The van der Waals surface area contributed by atoms with Crippen LogP contribution in [0.25, 0.3) is 0 Å². The zero-order valence-corrected chi connectivity index (χ0v) is 18.7. The molecule has 0 amide bonds. The van der Waals surface area contributed by atoms with Gasteiger partial charge in [-0.05, 0) is 52.6 Å². The number of halogens is 2. The standard InChI is InChI=1S/C26H25F2NO2S/c1-32(31)25-5-3-2-4-20(25)16-29-15-14-24(30)23(17-29)26(18-6-10-21(27)11-7-18)19-8-12-22(28)13-9-19/h2-13,23,26H,14-17H2,1H3. The Hall–Kier alpha value is -2.54. The highest BCUT2D eigenvalue weighted by Crippen LogP contribution is 2.36. The van der Waals surface area contributed by atoms with E-state index in [1.807, 2.05) is 24.3 Å². The molecule has 1 saturated heterocycles. The minimum Gasteiger partial charge on any atom is -0.612 e. The zero-order chi connectivity index (χ0) is 22.7. The van der Waals surface area contributed by atoms with E-state index in [1.165, 1.54) is 24.3 Å². The molecule has 1 heterocycles. The molecule has 32 heavy (non-hydrogen) atoms. The molecule has 0 bridgehead atoms. The molecule has 3 nitrogen and oxygen atoms in total. The summed E-state index contributed by atoms with van der Waals surface area (Å²) in [5.74, 6) is -1.19. The maximum absolute atomic E-state index is 13.6. The highest BCUT2D eigenvalue weighted by Gasteiger charge is 2.35. The number of carbonyl (C=O) groups is 1. The second-order valence-corrected chi connectivity index (χ2v) is 9.55. The largest absolute Gasteiger partial charge is 0.612 e. The van der Waals surface area contributed by atoms with E-state index < -0.39 is 11.2 Å². The lowest BCUT2D eigenvalue weighted by atomic mass is 9.76. The molecule has 6 heteroatoms. The van der Waals surface area contributed by atoms with Gasteiger partial charge < -0.3 is 4.55 Å². The van der Waals surface area contributed by atoms with Crippen LogP contribution in [0.1, 0.15) is 29.0 Å². The maximum atomic E-state index is 13.6. The summed E-state index contributed by atoms with van der Waals surface area (Å²) in [7, 11) is 0. The van der Waals surface area contributed by atoms with Crippen LogP contribution < -0.4 is 0 Å². The van der Waals surface area contributed by atoms with E-state index in [0.29, 0.717) is 26.1 Å². The Kier molecular flexibility index (Phi) is 7.04. The monoisotopic (exact) mass is 453 g/mol. The van der Waals surface area contributed by atoms with Crippen molar-refractivity contribution in [3.8, 4) is 0 Å². The molecule has 166 valence electrons. The first-order valence-electron chi connectivity index (χ1n) is 10.6. The SMILES string of the molecule is C[S+]([O-])c1ccccc1CN1CCC(=O)C(C(c2ccc(F)cc2)c2ccc(F)cc2)C1. The third-order valence-corrected chi connectivity index (χ3v) is 7.10. The Morgan fingerprint density at radius 1 is 0.969 bits per heavy atom. The third kappa shape index (κ3) is 5.09. The van der Waals surface area contributed by atoms with E-state index in [2.05, 4.69) is 4.90 Å². The molecule has 0 radical (unpaired) electrons. The van der Waals surface area contributed by atoms with Crippen molar-refractivity contribution in [2.75, 3.05) is 19.3 Å². The van der Waals surface area contributed by atoms with Crippen LogP contribution in [0.4, 0.5) is 8.78 Å². The number of likely N-dealkylation sites (tertiary alicyclic amines) is 1. The minimum absolute atomic E-state index is 0.146. The van der Waals surface area contributed by atoms with Gasteiger partial charge in [0.05, 0.1) is 0 Å². The summed E-state index contributed by atoms with van der Waals surface area (Å²) in [5.41, 5.74) is 2.64. The molecule has 0 spiro atoms. The van der Waals surface area contributed by atoms with Crippen molar-refractivity contribution in [2.24, 2.45) is 5.92 Å². The predicted octanol–water partition coefficient (Wildman–Crippen LogP) is 4.93. The fourth-order valence-electron chi connectivity index (χ4n) is 4.51. The van der Waals surface area contributed by atoms with E-state index >= 15 is 0 Å². The third-order valence-electron chi connectivity index (χ3n) is 6.08. The van der Waals surface area contributed by atoms with Gasteiger partial charge in [-0.3, -0.25) is 9.69 Å². The van der Waals surface area contributed by atoms with Crippen LogP contribution >= 0.6 is 0 Å². The summed E-state index contributed by atoms with van der Waals surface area (Å²) in [5, 5.41) is 0. The molecule has 0 saturated carbocycles. The first-order valence-corrected chi connectivity index (χ1v) is 12.2. The summed E-state index contributed by atoms with van der Waals surface area (Å²) >= 11 is -1.10. The average Bonchev–Trinajstić information content (AvgIpc) is 2.79. The van der Waals surface area contributed by atoms with Gasteiger partial charge in [0.15, 0.2) is 4.90 Å². The van der Waals surface area contributed by atoms with E-state index in [4.69, 9.17) is 0 Å². The number of nitrogens with zero attached hydrogens (tertiary/aromatic N) is 1. The van der Waals surface area contributed by atoms with Crippen molar-refractivity contribution in [1.29, 1.82) is 0 Å². The number of hydrogen-bond acceptors (Lipinski definition) is 3. The van der Waals surface area contributed by atoms with Gasteiger partial charge in [-0.15, -0.1) is 0 Å². The van der Waals surface area contributed by atoms with Gasteiger partial charge in [-0.25, -0.2) is 8.78 Å². The molecule has 1 fully saturated rings. The number of rotatable bonds is 6. The second kappa shape index (κ2) is 9.94. The molecule has 1 aliphatic rings. The summed E-state index contributed by atoms with van der Waals surface area (Å²) < 4.78 is 39.3. The second-order valence-electron chi connectivity index (χ2n) is 8.20. The number of carbonyl (C=O) groups excluding carboxylic acids is 1. The van der Waals surface area contributed by atoms with Crippen molar-refractivity contribution in [2.45, 2.75) is 23.8 Å². The summed E-state index contributed by atoms with van der Waals surface area (Å²) in [4.78, 5) is 16.1. The van der Waals surface area contributed by atoms with Gasteiger partial charge in [-0.2, -0.15) is 0 Å². The Labute approximate surface area is 190 Å². The lowest BCUT2D eigenvalue weighted by Crippen LogP contribution is -2.43. The van der Waals surface area contributed by atoms with Crippen LogP contribution in [0.15, 0.2) is 77.7 Å². The molecule has 0 aromatic heterocycles. The molecule has 2 unspecified atom stereocenters. The molecular formula is C26H25F2NO2S. The molecule has 0 aliphatic carbocycles. The van der Waals surface area contributed by atoms with Gasteiger partial charge in [0, 0.05) is 43.5 Å². The van der Waals surface area contributed by atoms with Crippen LogP contribution in [0.5, 0.6) is 0 Å². The topological polar surface area (TPSA) is 43.4 Å². The van der Waals surface area contributed by atoms with Crippen LogP contribution in [-0.4, -0.2) is 34.6 Å². The number of benzene rings is 3. The van der Waals surface area contributed by atoms with E-state index in [0.717, 1.165) is 21.6 Å². The lowest BCUT2D eigenvalue weighted by Gasteiger charge is -2.36. The Balaban J connectivity index is 1.65. The van der Waals surface area contributed by atoms with Gasteiger partial charge in [-0.1, -0.05) is 42.5 Å². The first kappa shape index (κ1) is 22.6. The van der Waals surface area contributed by atoms with Crippen molar-refractivity contribution in [1.82, 2.24) is 4.90 Å². The van der Waals surface area contributed by atoms with Crippen LogP contribution in [0, 0.1) is 17.6 Å². The lowest BCUT2D eigenvalue weighted by molar-refractivity contribution is -0.126. The average molecular weight is 454 g/mol. The molecule has 0 N–H and O–H groups in total. The molecule has 3 aromatic carbocycles. The smallest absolute Gasteiger partial charge is 0.156 e. The minimum atomic E-state index is -1.10. The molecular weight excluding hydrogens is 428 g/mol. The Morgan fingerprint density at radius 2 is 1.53 bits per heavy atom. The fraction of sp³-hybridized carbons (Fsp3) is 0.269. The van der Waals surface area contributed by atoms with Crippen molar-refractivity contribution >= 4 is 17.0 Å². The van der Waals surface area contributed by atoms with Crippen LogP contribution in [0.2, 0.25) is 0 Å². The van der Waals surface area contributed by atoms with E-state index in [9.17, 15) is 18.1 Å². The molecule has 2 atom stereocenters. The van der Waals surface area contributed by atoms with Crippen LogP contribution in [0.3, 0.4) is 0 Å². The first-order chi connectivity index (χ1) is 15.4. The summed E-state index contributed by atoms with van der Waals surface area (Å²) in [6.07, 6.45) is 2.07. The van der Waals surface area contributed by atoms with E-state index in [1.54, 1.807) is 30.5 Å². The normalized spacial score (nSPS) is 18.2. The molecule has 1 aliphatic heterocycles. The van der Waals surface area contributed by atoms with Gasteiger partial charge in [0.25, 0.3) is 0 Å². The number of ketones is 1. The highest BCUT2D eigenvalue weighted by molar-refractivity contribution is 7.90. The van der Waals surface area contributed by atoms with Crippen LogP contribution in [-0.2, 0) is 22.5 Å². The molecule has 4 rings (SSSR count). The summed E-state index contributed by atoms with van der Waals surface area (Å²) in [6.45, 7) is 1.74. The van der Waals surface area contributed by atoms with Crippen molar-refractivity contribution < 1.29 is 18.1 Å². The zero-order valence-electron chi connectivity index (χ0n) is 17.8. The Morgan fingerprint density at radius 3 is 2.09 bits per heavy atom. The van der Waals surface area contributed by atoms with E-state index in [-0.39, 0.29) is 29.3 Å². The number of hydrogen-bond donors (Lipinski definition) is 0. The summed E-state index contributed by atoms with van der Waals surface area (Å²) in [6, 6.07) is 20.0. The van der Waals surface area contributed by atoms with Gasteiger partial charge >= 0.3 is 0 Å². The fourth-order valence-corrected chi connectivity index (χ4v) is 5.28. The Bertz CT molecular complexity index is 1020. The molecule has 3 aromatic rings. The predicted molar refractivity (Wildman–Crippen MR) is 122 cm³/mol. The van der Waals surface area contributed by atoms with Crippen molar-refractivity contribution in [3.05, 3.63) is 101 Å². The van der Waals surface area contributed by atoms with Crippen molar-refractivity contribution in [3.63, 3.8) is 0 Å². The van der Waals surface area contributed by atoms with Gasteiger partial charge in [0.2, 0.25) is 0 Å². The highest BCUT2D eigenvalue weighted by atomic mass is 32.2. The van der Waals surface area contributed by atoms with Gasteiger partial charge in [0.1, 0.15) is 23.7 Å². The maximum Gasteiger partial charge on any atom is 0.156 e. The quantitative estimate of drug-likeness (QED) is 0.498. The number of piperidine rings is 1.